The number of halogens is 2. The van der Waals surface area contributed by atoms with Crippen molar-refractivity contribution < 1.29 is 13.5 Å². The lowest BCUT2D eigenvalue weighted by Crippen LogP contribution is -2.12. The molecule has 0 aliphatic heterocycles. The Balaban J connectivity index is 2.94. The first kappa shape index (κ1) is 13.0. The van der Waals surface area contributed by atoms with Crippen LogP contribution in [0.15, 0.2) is 22.7 Å². The highest BCUT2D eigenvalue weighted by Crippen LogP contribution is 2.22. The first-order valence-corrected chi connectivity index (χ1v) is 7.19. The van der Waals surface area contributed by atoms with Crippen LogP contribution in [0.2, 0.25) is 5.02 Å². The minimum absolute atomic E-state index is 0.147. The van der Waals surface area contributed by atoms with Gasteiger partial charge in [-0.1, -0.05) is 27.5 Å². The smallest absolute Gasteiger partial charge is 0.156 e. The summed E-state index contributed by atoms with van der Waals surface area (Å²) in [5.41, 5.74) is 0.541. The summed E-state index contributed by atoms with van der Waals surface area (Å²) >= 11 is 9.09. The molecule has 0 unspecified atom stereocenters. The van der Waals surface area contributed by atoms with Crippen molar-refractivity contribution in [2.45, 2.75) is 5.75 Å². The number of rotatable bonds is 4. The van der Waals surface area contributed by atoms with E-state index < -0.39 is 9.84 Å². The predicted molar refractivity (Wildman–Crippen MR) is 63.7 cm³/mol. The van der Waals surface area contributed by atoms with Crippen LogP contribution in [0.5, 0.6) is 0 Å². The van der Waals surface area contributed by atoms with E-state index in [0.29, 0.717) is 10.6 Å². The quantitative estimate of drug-likeness (QED) is 0.925. The number of hydrogen-bond donors (Lipinski definition) is 1. The zero-order chi connectivity index (χ0) is 11.5. The summed E-state index contributed by atoms with van der Waals surface area (Å²) in [7, 11) is -3.28. The molecule has 1 rings (SSSR count). The van der Waals surface area contributed by atoms with E-state index in [1.165, 1.54) is 0 Å². The maximum absolute atomic E-state index is 11.4. The van der Waals surface area contributed by atoms with Gasteiger partial charge in [-0.2, -0.15) is 0 Å². The van der Waals surface area contributed by atoms with E-state index in [-0.39, 0.29) is 18.1 Å². The molecule has 0 heterocycles. The number of aliphatic hydroxyl groups excluding tert-OH is 1. The van der Waals surface area contributed by atoms with E-state index in [2.05, 4.69) is 15.9 Å². The zero-order valence-electron chi connectivity index (χ0n) is 7.78. The Morgan fingerprint density at radius 1 is 1.40 bits per heavy atom. The Bertz CT molecular complexity index is 445. The molecule has 15 heavy (non-hydrogen) atoms. The summed E-state index contributed by atoms with van der Waals surface area (Å²) in [5, 5.41) is 9.00. The molecule has 0 aliphatic rings. The van der Waals surface area contributed by atoms with Gasteiger partial charge in [-0.3, -0.25) is 0 Å². The molecule has 0 aromatic heterocycles. The van der Waals surface area contributed by atoms with Gasteiger partial charge in [-0.25, -0.2) is 8.42 Å². The predicted octanol–water partition coefficient (Wildman–Crippen LogP) is 2.01. The summed E-state index contributed by atoms with van der Waals surface area (Å²) < 4.78 is 23.6. The van der Waals surface area contributed by atoms with E-state index in [1.807, 2.05) is 0 Å². The van der Waals surface area contributed by atoms with Crippen LogP contribution < -0.4 is 0 Å². The van der Waals surface area contributed by atoms with Crippen molar-refractivity contribution in [2.75, 3.05) is 12.4 Å². The van der Waals surface area contributed by atoms with Gasteiger partial charge in [0.2, 0.25) is 0 Å². The monoisotopic (exact) mass is 312 g/mol. The maximum atomic E-state index is 11.4. The Labute approximate surface area is 102 Å². The molecule has 6 heteroatoms. The molecule has 0 saturated heterocycles. The molecule has 0 spiro atoms. The first-order chi connectivity index (χ1) is 6.94. The largest absolute Gasteiger partial charge is 0.395 e. The van der Waals surface area contributed by atoms with Gasteiger partial charge in [0.05, 0.1) is 18.1 Å². The lowest BCUT2D eigenvalue weighted by Gasteiger charge is -2.05. The number of sulfone groups is 1. The van der Waals surface area contributed by atoms with Crippen LogP contribution in [0.25, 0.3) is 0 Å². The van der Waals surface area contributed by atoms with Gasteiger partial charge in [-0.05, 0) is 23.8 Å². The van der Waals surface area contributed by atoms with E-state index in [4.69, 9.17) is 16.7 Å². The molecule has 1 N–H and O–H groups in total. The van der Waals surface area contributed by atoms with Crippen LogP contribution in [0.3, 0.4) is 0 Å². The van der Waals surface area contributed by atoms with Gasteiger partial charge >= 0.3 is 0 Å². The van der Waals surface area contributed by atoms with Crippen LogP contribution in [0.4, 0.5) is 0 Å². The number of hydrogen-bond acceptors (Lipinski definition) is 3. The third kappa shape index (κ3) is 4.10. The Hall–Kier alpha value is -0.100. The Kier molecular flexibility index (Phi) is 4.58. The molecule has 0 amide bonds. The van der Waals surface area contributed by atoms with Crippen LogP contribution in [-0.4, -0.2) is 25.9 Å². The Morgan fingerprint density at radius 2 is 2.07 bits per heavy atom. The maximum Gasteiger partial charge on any atom is 0.156 e. The van der Waals surface area contributed by atoms with Crippen LogP contribution >= 0.6 is 27.5 Å². The van der Waals surface area contributed by atoms with E-state index in [9.17, 15) is 8.42 Å². The van der Waals surface area contributed by atoms with Gasteiger partial charge in [0.15, 0.2) is 9.84 Å². The third-order valence-electron chi connectivity index (χ3n) is 1.79. The topological polar surface area (TPSA) is 54.4 Å². The molecule has 1 aromatic carbocycles. The molecule has 1 aromatic rings. The molecular formula is C9H10BrClO3S. The fraction of sp³-hybridized carbons (Fsp3) is 0.333. The molecule has 0 atom stereocenters. The second-order valence-electron chi connectivity index (χ2n) is 3.05. The van der Waals surface area contributed by atoms with Crippen LogP contribution in [0, 0.1) is 0 Å². The van der Waals surface area contributed by atoms with Gasteiger partial charge in [0.25, 0.3) is 0 Å². The van der Waals surface area contributed by atoms with E-state index in [1.54, 1.807) is 18.2 Å². The van der Waals surface area contributed by atoms with Crippen molar-refractivity contribution in [1.82, 2.24) is 0 Å². The summed E-state index contributed by atoms with van der Waals surface area (Å²) in [6.45, 7) is -0.367. The number of benzene rings is 1. The van der Waals surface area contributed by atoms with Crippen LogP contribution in [0.1, 0.15) is 5.56 Å². The molecule has 0 saturated carbocycles. The minimum atomic E-state index is -3.28. The summed E-state index contributed by atoms with van der Waals surface area (Å²) in [4.78, 5) is 0. The van der Waals surface area contributed by atoms with Crippen molar-refractivity contribution in [3.63, 3.8) is 0 Å². The van der Waals surface area contributed by atoms with Gasteiger partial charge < -0.3 is 5.11 Å². The average molecular weight is 314 g/mol. The SMILES string of the molecule is O=S(=O)(CCO)Cc1cc(Br)ccc1Cl. The molecule has 0 fully saturated rings. The summed E-state index contributed by atoms with van der Waals surface area (Å²) in [6.07, 6.45) is 0. The summed E-state index contributed by atoms with van der Waals surface area (Å²) in [5.74, 6) is -0.387. The molecule has 0 aliphatic carbocycles. The first-order valence-electron chi connectivity index (χ1n) is 4.20. The van der Waals surface area contributed by atoms with E-state index >= 15 is 0 Å². The average Bonchev–Trinajstić information content (AvgIpc) is 2.10. The fourth-order valence-electron chi connectivity index (χ4n) is 1.10. The molecular weight excluding hydrogens is 304 g/mol. The van der Waals surface area contributed by atoms with Crippen molar-refractivity contribution in [3.05, 3.63) is 33.3 Å². The van der Waals surface area contributed by atoms with E-state index in [0.717, 1.165) is 4.47 Å². The van der Waals surface area contributed by atoms with Crippen molar-refractivity contribution in [2.24, 2.45) is 0 Å². The van der Waals surface area contributed by atoms with Gasteiger partial charge in [0.1, 0.15) is 0 Å². The molecule has 0 bridgehead atoms. The highest BCUT2D eigenvalue weighted by molar-refractivity contribution is 9.10. The van der Waals surface area contributed by atoms with Gasteiger partial charge in [0, 0.05) is 9.50 Å². The summed E-state index contributed by atoms with van der Waals surface area (Å²) in [6, 6.07) is 5.04. The highest BCUT2D eigenvalue weighted by atomic mass is 79.9. The molecule has 3 nitrogen and oxygen atoms in total. The zero-order valence-corrected chi connectivity index (χ0v) is 10.9. The lowest BCUT2D eigenvalue weighted by molar-refractivity contribution is 0.319. The van der Waals surface area contributed by atoms with Crippen molar-refractivity contribution in [3.8, 4) is 0 Å². The normalized spacial score (nSPS) is 11.7. The second kappa shape index (κ2) is 5.30. The molecule has 0 radical (unpaired) electrons. The second-order valence-corrected chi connectivity index (χ2v) is 6.56. The Morgan fingerprint density at radius 3 is 2.67 bits per heavy atom. The third-order valence-corrected chi connectivity index (χ3v) is 4.20. The van der Waals surface area contributed by atoms with Crippen molar-refractivity contribution >= 4 is 37.4 Å². The fourth-order valence-corrected chi connectivity index (χ4v) is 2.91. The number of aliphatic hydroxyl groups is 1. The highest BCUT2D eigenvalue weighted by Gasteiger charge is 2.13. The van der Waals surface area contributed by atoms with Crippen molar-refractivity contribution in [1.29, 1.82) is 0 Å². The minimum Gasteiger partial charge on any atom is -0.395 e. The van der Waals surface area contributed by atoms with Crippen LogP contribution in [-0.2, 0) is 15.6 Å². The standard InChI is InChI=1S/C9H10BrClO3S/c10-8-1-2-9(11)7(5-8)6-15(13,14)4-3-12/h1-2,5,12H,3-4,6H2. The molecule has 84 valence electrons. The lowest BCUT2D eigenvalue weighted by atomic mass is 10.2. The van der Waals surface area contributed by atoms with Gasteiger partial charge in [-0.15, -0.1) is 0 Å².